The zero-order valence-corrected chi connectivity index (χ0v) is 16.0. The molecular weight excluding hydrogens is 406 g/mol. The number of cyclic esters (lactones) is 1. The van der Waals surface area contributed by atoms with E-state index in [-0.39, 0.29) is 17.5 Å². The summed E-state index contributed by atoms with van der Waals surface area (Å²) >= 11 is 3.49. The fraction of sp³-hybridized carbons (Fsp3) is 0.278. The molecule has 2 atom stereocenters. The average Bonchev–Trinajstić information content (AvgIpc) is 2.97. The lowest BCUT2D eigenvalue weighted by Crippen LogP contribution is -2.45. The van der Waals surface area contributed by atoms with Crippen molar-refractivity contribution in [3.8, 4) is 0 Å². The van der Waals surface area contributed by atoms with E-state index >= 15 is 0 Å². The number of rotatable bonds is 5. The molecule has 0 saturated carbocycles. The number of halogens is 1. The maximum Gasteiger partial charge on any atom is 0.411 e. The Kier molecular flexibility index (Phi) is 5.15. The highest BCUT2D eigenvalue weighted by molar-refractivity contribution is 9.10. The molecule has 1 amide bonds. The predicted molar refractivity (Wildman–Crippen MR) is 97.9 cm³/mol. The summed E-state index contributed by atoms with van der Waals surface area (Å²) < 4.78 is 31.8. The Hall–Kier alpha value is -1.86. The van der Waals surface area contributed by atoms with Gasteiger partial charge in [0.2, 0.25) is 0 Å². The number of hydrogen-bond acceptors (Lipinski definition) is 4. The van der Waals surface area contributed by atoms with E-state index < -0.39 is 21.3 Å². The zero-order chi connectivity index (χ0) is 18.0. The number of ether oxygens (including phenoxy) is 1. The summed E-state index contributed by atoms with van der Waals surface area (Å²) in [4.78, 5) is 13.7. The third-order valence-electron chi connectivity index (χ3n) is 4.33. The van der Waals surface area contributed by atoms with Crippen molar-refractivity contribution in [3.05, 3.63) is 64.6 Å². The van der Waals surface area contributed by atoms with Crippen LogP contribution in [0.1, 0.15) is 12.5 Å². The maximum atomic E-state index is 12.9. The van der Waals surface area contributed by atoms with Gasteiger partial charge in [0, 0.05) is 4.47 Å². The molecule has 25 heavy (non-hydrogen) atoms. The molecule has 3 rings (SSSR count). The van der Waals surface area contributed by atoms with Gasteiger partial charge in [0.15, 0.2) is 9.84 Å². The van der Waals surface area contributed by atoms with Crippen LogP contribution >= 0.6 is 15.9 Å². The molecule has 1 fully saturated rings. The van der Waals surface area contributed by atoms with Gasteiger partial charge in [-0.15, -0.1) is 0 Å². The third-order valence-corrected chi connectivity index (χ3v) is 7.16. The minimum atomic E-state index is -3.68. The Labute approximate surface area is 155 Å². The van der Waals surface area contributed by atoms with E-state index in [9.17, 15) is 13.2 Å². The number of hydrogen-bond donors (Lipinski definition) is 0. The largest absolute Gasteiger partial charge is 0.447 e. The number of benzene rings is 2. The smallest absolute Gasteiger partial charge is 0.411 e. The fourth-order valence-corrected chi connectivity index (χ4v) is 4.88. The van der Waals surface area contributed by atoms with Gasteiger partial charge >= 0.3 is 6.09 Å². The van der Waals surface area contributed by atoms with Crippen LogP contribution in [0.3, 0.4) is 0 Å². The van der Waals surface area contributed by atoms with Crippen LogP contribution < -0.4 is 0 Å². The number of carbonyl (C=O) groups excluding carboxylic acids is 1. The van der Waals surface area contributed by atoms with Gasteiger partial charge in [0.25, 0.3) is 0 Å². The van der Waals surface area contributed by atoms with Gasteiger partial charge in [0.05, 0.1) is 10.9 Å². The molecule has 0 spiro atoms. The van der Waals surface area contributed by atoms with Crippen LogP contribution in [-0.2, 0) is 21.0 Å². The lowest BCUT2D eigenvalue weighted by Gasteiger charge is -2.28. The van der Waals surface area contributed by atoms with E-state index in [0.717, 1.165) is 10.0 Å². The number of nitrogens with zero attached hydrogens (tertiary/aromatic N) is 1. The lowest BCUT2D eigenvalue weighted by atomic mass is 10.1. The van der Waals surface area contributed by atoms with E-state index in [4.69, 9.17) is 4.74 Å². The van der Waals surface area contributed by atoms with Gasteiger partial charge in [-0.2, -0.15) is 0 Å². The Morgan fingerprint density at radius 2 is 1.80 bits per heavy atom. The van der Waals surface area contributed by atoms with Gasteiger partial charge in [-0.3, -0.25) is 4.90 Å². The number of amides is 1. The van der Waals surface area contributed by atoms with Crippen molar-refractivity contribution in [2.75, 3.05) is 6.61 Å². The van der Waals surface area contributed by atoms with Crippen LogP contribution in [0.2, 0.25) is 0 Å². The predicted octanol–water partition coefficient (Wildman–Crippen LogP) is 3.63. The van der Waals surface area contributed by atoms with Gasteiger partial charge in [-0.05, 0) is 37.1 Å². The highest BCUT2D eigenvalue weighted by Gasteiger charge is 2.42. The Morgan fingerprint density at radius 3 is 2.48 bits per heavy atom. The zero-order valence-electron chi connectivity index (χ0n) is 13.6. The molecule has 1 aliphatic rings. The molecule has 1 saturated heterocycles. The summed E-state index contributed by atoms with van der Waals surface area (Å²) in [5, 5.41) is -1.00. The topological polar surface area (TPSA) is 63.7 Å². The summed E-state index contributed by atoms with van der Waals surface area (Å²) in [6, 6.07) is 15.5. The fourth-order valence-electron chi connectivity index (χ4n) is 2.95. The van der Waals surface area contributed by atoms with Gasteiger partial charge in [-0.25, -0.2) is 13.2 Å². The molecule has 7 heteroatoms. The molecular formula is C18H18BrNO4S. The summed E-state index contributed by atoms with van der Waals surface area (Å²) in [6.07, 6.45) is -0.0778. The first-order chi connectivity index (χ1) is 11.9. The van der Waals surface area contributed by atoms with Crippen LogP contribution in [0.25, 0.3) is 0 Å². The van der Waals surface area contributed by atoms with Gasteiger partial charge in [-0.1, -0.05) is 52.3 Å². The second-order valence-electron chi connectivity index (χ2n) is 5.89. The van der Waals surface area contributed by atoms with Crippen molar-refractivity contribution in [1.82, 2.24) is 4.90 Å². The molecule has 0 radical (unpaired) electrons. The van der Waals surface area contributed by atoms with Gasteiger partial charge < -0.3 is 4.74 Å². The standard InChI is InChI=1S/C18H18BrNO4S/c1-13(25(22,23)16-8-3-2-4-9-16)20-15(12-24-18(20)21)11-14-7-5-6-10-17(14)19/h2-10,13,15H,11-12H2,1H3/t13-,15+/m0/s1. The van der Waals surface area contributed by atoms with Crippen LogP contribution in [0, 0.1) is 0 Å². The third kappa shape index (κ3) is 3.57. The monoisotopic (exact) mass is 423 g/mol. The molecule has 5 nitrogen and oxygen atoms in total. The van der Waals surface area contributed by atoms with Crippen molar-refractivity contribution in [1.29, 1.82) is 0 Å². The first-order valence-corrected chi connectivity index (χ1v) is 10.2. The molecule has 2 aromatic rings. The van der Waals surface area contributed by atoms with Crippen molar-refractivity contribution in [2.24, 2.45) is 0 Å². The molecule has 0 bridgehead atoms. The Balaban J connectivity index is 1.88. The first kappa shape index (κ1) is 17.9. The van der Waals surface area contributed by atoms with Crippen LogP contribution in [0.4, 0.5) is 4.79 Å². The molecule has 0 unspecified atom stereocenters. The average molecular weight is 424 g/mol. The maximum absolute atomic E-state index is 12.9. The first-order valence-electron chi connectivity index (χ1n) is 7.88. The van der Waals surface area contributed by atoms with Crippen molar-refractivity contribution in [3.63, 3.8) is 0 Å². The SMILES string of the molecule is C[C@@H](N1C(=O)OC[C@H]1Cc1ccccc1Br)S(=O)(=O)c1ccccc1. The van der Waals surface area contributed by atoms with E-state index in [1.54, 1.807) is 18.2 Å². The summed E-state index contributed by atoms with van der Waals surface area (Å²) in [7, 11) is -3.68. The van der Waals surface area contributed by atoms with Crippen molar-refractivity contribution >= 4 is 31.9 Å². The van der Waals surface area contributed by atoms with Crippen LogP contribution in [0.5, 0.6) is 0 Å². The van der Waals surface area contributed by atoms with Crippen LogP contribution in [-0.4, -0.2) is 37.4 Å². The molecule has 132 valence electrons. The van der Waals surface area contributed by atoms with Crippen molar-refractivity contribution in [2.45, 2.75) is 29.7 Å². The minimum Gasteiger partial charge on any atom is -0.447 e. The number of sulfone groups is 1. The summed E-state index contributed by atoms with van der Waals surface area (Å²) in [6.45, 7) is 1.71. The molecule has 2 aromatic carbocycles. The Bertz CT molecular complexity index is 870. The highest BCUT2D eigenvalue weighted by atomic mass is 79.9. The van der Waals surface area contributed by atoms with Crippen LogP contribution in [0.15, 0.2) is 64.0 Å². The van der Waals surface area contributed by atoms with E-state index in [1.165, 1.54) is 24.0 Å². The second-order valence-corrected chi connectivity index (χ2v) is 8.99. The lowest BCUT2D eigenvalue weighted by molar-refractivity contribution is 0.155. The molecule has 0 aromatic heterocycles. The normalized spacial score (nSPS) is 18.9. The minimum absolute atomic E-state index is 0.175. The van der Waals surface area contributed by atoms with Gasteiger partial charge in [0.1, 0.15) is 12.0 Å². The molecule has 0 N–H and O–H groups in total. The van der Waals surface area contributed by atoms with E-state index in [2.05, 4.69) is 15.9 Å². The number of carbonyl (C=O) groups is 1. The molecule has 0 aliphatic carbocycles. The van der Waals surface area contributed by atoms with E-state index in [0.29, 0.717) is 6.42 Å². The summed E-state index contributed by atoms with van der Waals surface area (Å²) in [5.41, 5.74) is 1.00. The highest BCUT2D eigenvalue weighted by Crippen LogP contribution is 2.28. The molecule has 1 heterocycles. The Morgan fingerprint density at radius 1 is 1.16 bits per heavy atom. The second kappa shape index (κ2) is 7.17. The van der Waals surface area contributed by atoms with Crippen molar-refractivity contribution < 1.29 is 17.9 Å². The summed E-state index contributed by atoms with van der Waals surface area (Å²) in [5.74, 6) is 0. The van der Waals surface area contributed by atoms with E-state index in [1.807, 2.05) is 24.3 Å². The molecule has 1 aliphatic heterocycles. The quantitative estimate of drug-likeness (QED) is 0.736.